The van der Waals surface area contributed by atoms with Gasteiger partial charge in [-0.3, -0.25) is 4.79 Å². The van der Waals surface area contributed by atoms with Crippen molar-refractivity contribution in [3.8, 4) is 5.75 Å². The number of amides is 1. The number of aromatic nitrogens is 2. The lowest BCUT2D eigenvalue weighted by Crippen LogP contribution is -2.26. The fourth-order valence-corrected chi connectivity index (χ4v) is 1.58. The Morgan fingerprint density at radius 1 is 1.53 bits per heavy atom. The molecule has 2 aromatic rings. The quantitative estimate of drug-likeness (QED) is 0.766. The zero-order valence-corrected chi connectivity index (χ0v) is 10.4. The van der Waals surface area contributed by atoms with Gasteiger partial charge in [0.1, 0.15) is 5.75 Å². The van der Waals surface area contributed by atoms with Gasteiger partial charge in [-0.2, -0.15) is 4.98 Å². The highest BCUT2D eigenvalue weighted by atomic mass is 16.5. The van der Waals surface area contributed by atoms with E-state index in [1.807, 2.05) is 0 Å². The molecule has 0 spiro atoms. The van der Waals surface area contributed by atoms with Gasteiger partial charge in [-0.1, -0.05) is 5.16 Å². The fraction of sp³-hybridized carbons (Fsp3) is 0.250. The van der Waals surface area contributed by atoms with Crippen LogP contribution >= 0.6 is 0 Å². The van der Waals surface area contributed by atoms with Crippen LogP contribution in [-0.4, -0.2) is 29.7 Å². The number of nitrogens with two attached hydrogens (primary N) is 1. The molecule has 3 N–H and O–H groups in total. The molecule has 1 aromatic heterocycles. The van der Waals surface area contributed by atoms with E-state index in [0.29, 0.717) is 35.8 Å². The van der Waals surface area contributed by atoms with Crippen molar-refractivity contribution in [2.75, 3.05) is 19.4 Å². The average Bonchev–Trinajstić information content (AvgIpc) is 2.91. The zero-order valence-electron chi connectivity index (χ0n) is 10.4. The first-order chi connectivity index (χ1) is 9.20. The fourth-order valence-electron chi connectivity index (χ4n) is 1.58. The molecule has 7 nitrogen and oxygen atoms in total. The van der Waals surface area contributed by atoms with E-state index >= 15 is 0 Å². The smallest absolute Gasteiger partial charge is 0.255 e. The molecule has 19 heavy (non-hydrogen) atoms. The number of carbonyl (C=O) groups is 1. The first-order valence-electron chi connectivity index (χ1n) is 5.67. The van der Waals surface area contributed by atoms with Crippen molar-refractivity contribution in [1.82, 2.24) is 15.5 Å². The number of hydrogen-bond donors (Lipinski definition) is 2. The minimum atomic E-state index is -0.236. The van der Waals surface area contributed by atoms with Crippen molar-refractivity contribution in [1.29, 1.82) is 0 Å². The van der Waals surface area contributed by atoms with Crippen molar-refractivity contribution >= 4 is 11.6 Å². The third kappa shape index (κ3) is 3.21. The van der Waals surface area contributed by atoms with Gasteiger partial charge in [0, 0.05) is 24.7 Å². The summed E-state index contributed by atoms with van der Waals surface area (Å²) in [4.78, 5) is 15.8. The second-order valence-corrected chi connectivity index (χ2v) is 3.81. The highest BCUT2D eigenvalue weighted by molar-refractivity contribution is 5.97. The van der Waals surface area contributed by atoms with E-state index in [-0.39, 0.29) is 5.91 Å². The van der Waals surface area contributed by atoms with Gasteiger partial charge in [0.25, 0.3) is 5.91 Å². The van der Waals surface area contributed by atoms with Crippen molar-refractivity contribution < 1.29 is 14.1 Å². The van der Waals surface area contributed by atoms with Gasteiger partial charge in [-0.25, -0.2) is 0 Å². The van der Waals surface area contributed by atoms with Crippen molar-refractivity contribution in [3.63, 3.8) is 0 Å². The summed E-state index contributed by atoms with van der Waals surface area (Å²) in [5, 5.41) is 6.40. The van der Waals surface area contributed by atoms with Crippen LogP contribution in [-0.2, 0) is 6.42 Å². The molecule has 0 aliphatic rings. The predicted molar refractivity (Wildman–Crippen MR) is 67.7 cm³/mol. The SMILES string of the molecule is COc1cc(N)ccc1C(=O)NCCc1ncon1. The lowest BCUT2D eigenvalue weighted by Gasteiger charge is -2.09. The molecular weight excluding hydrogens is 248 g/mol. The topological polar surface area (TPSA) is 103 Å². The summed E-state index contributed by atoms with van der Waals surface area (Å²) in [5.74, 6) is 0.752. The number of hydrogen-bond acceptors (Lipinski definition) is 6. The van der Waals surface area contributed by atoms with Crippen LogP contribution in [0.2, 0.25) is 0 Å². The number of nitrogens with zero attached hydrogens (tertiary/aromatic N) is 2. The molecule has 100 valence electrons. The largest absolute Gasteiger partial charge is 0.496 e. The van der Waals surface area contributed by atoms with Gasteiger partial charge in [0.05, 0.1) is 12.7 Å². The Balaban J connectivity index is 1.96. The van der Waals surface area contributed by atoms with E-state index < -0.39 is 0 Å². The van der Waals surface area contributed by atoms with Gasteiger partial charge in [-0.15, -0.1) is 0 Å². The minimum absolute atomic E-state index is 0.236. The highest BCUT2D eigenvalue weighted by Gasteiger charge is 2.12. The molecule has 0 radical (unpaired) electrons. The maximum absolute atomic E-state index is 12.0. The first-order valence-corrected chi connectivity index (χ1v) is 5.67. The molecule has 1 aromatic carbocycles. The Morgan fingerprint density at radius 3 is 3.05 bits per heavy atom. The molecule has 0 aliphatic carbocycles. The minimum Gasteiger partial charge on any atom is -0.496 e. The Morgan fingerprint density at radius 2 is 2.37 bits per heavy atom. The van der Waals surface area contributed by atoms with Crippen LogP contribution in [0.4, 0.5) is 5.69 Å². The molecule has 0 bridgehead atoms. The average molecular weight is 262 g/mol. The summed E-state index contributed by atoms with van der Waals surface area (Å²) in [7, 11) is 1.49. The molecule has 1 amide bonds. The Labute approximate surface area is 109 Å². The van der Waals surface area contributed by atoms with Gasteiger partial charge < -0.3 is 20.3 Å². The third-order valence-corrected chi connectivity index (χ3v) is 2.51. The maximum Gasteiger partial charge on any atom is 0.255 e. The lowest BCUT2D eigenvalue weighted by atomic mass is 10.1. The Hall–Kier alpha value is -2.57. The van der Waals surface area contributed by atoms with Crippen molar-refractivity contribution in [2.45, 2.75) is 6.42 Å². The van der Waals surface area contributed by atoms with Crippen LogP contribution < -0.4 is 15.8 Å². The molecule has 0 fully saturated rings. The predicted octanol–water partition coefficient (Wildman–Crippen LogP) is 0.633. The van der Waals surface area contributed by atoms with Crippen LogP contribution in [0.1, 0.15) is 16.2 Å². The summed E-state index contributed by atoms with van der Waals surface area (Å²) >= 11 is 0. The van der Waals surface area contributed by atoms with Crippen LogP contribution in [0.15, 0.2) is 29.1 Å². The number of methoxy groups -OCH3 is 1. The summed E-state index contributed by atoms with van der Waals surface area (Å²) in [6.07, 6.45) is 1.75. The number of nitrogen functional groups attached to an aromatic ring is 1. The second-order valence-electron chi connectivity index (χ2n) is 3.81. The number of rotatable bonds is 5. The molecule has 1 heterocycles. The maximum atomic E-state index is 12.0. The van der Waals surface area contributed by atoms with E-state index in [1.165, 1.54) is 13.5 Å². The molecule has 0 aliphatic heterocycles. The second kappa shape index (κ2) is 5.85. The number of anilines is 1. The van der Waals surface area contributed by atoms with Gasteiger partial charge in [-0.05, 0) is 12.1 Å². The molecule has 2 rings (SSSR count). The lowest BCUT2D eigenvalue weighted by molar-refractivity contribution is 0.0951. The van der Waals surface area contributed by atoms with E-state index in [9.17, 15) is 4.79 Å². The monoisotopic (exact) mass is 262 g/mol. The molecule has 0 atom stereocenters. The standard InChI is InChI=1S/C12H14N4O3/c1-18-10-6-8(13)2-3-9(10)12(17)14-5-4-11-15-7-19-16-11/h2-3,6-7H,4-5,13H2,1H3,(H,14,17). The molecule has 0 unspecified atom stereocenters. The van der Waals surface area contributed by atoms with Crippen LogP contribution in [0.5, 0.6) is 5.75 Å². The van der Waals surface area contributed by atoms with Crippen molar-refractivity contribution in [3.05, 3.63) is 36.0 Å². The molecule has 0 saturated carbocycles. The summed E-state index contributed by atoms with van der Waals surface area (Å²) in [6.45, 7) is 0.409. The number of benzene rings is 1. The molecule has 7 heteroatoms. The number of nitrogens with one attached hydrogen (secondary N) is 1. The van der Waals surface area contributed by atoms with E-state index in [4.69, 9.17) is 10.5 Å². The summed E-state index contributed by atoms with van der Waals surface area (Å²) in [5.41, 5.74) is 6.61. The summed E-state index contributed by atoms with van der Waals surface area (Å²) < 4.78 is 9.72. The number of carbonyl (C=O) groups excluding carboxylic acids is 1. The Kier molecular flexibility index (Phi) is 3.97. The Bertz CT molecular complexity index is 554. The molecule has 0 saturated heterocycles. The van der Waals surface area contributed by atoms with Crippen LogP contribution in [0, 0.1) is 0 Å². The van der Waals surface area contributed by atoms with E-state index in [1.54, 1.807) is 18.2 Å². The normalized spacial score (nSPS) is 10.2. The van der Waals surface area contributed by atoms with Crippen LogP contribution in [0.3, 0.4) is 0 Å². The molecular formula is C12H14N4O3. The highest BCUT2D eigenvalue weighted by Crippen LogP contribution is 2.21. The first kappa shape index (κ1) is 12.9. The van der Waals surface area contributed by atoms with Gasteiger partial charge in [0.2, 0.25) is 6.39 Å². The van der Waals surface area contributed by atoms with E-state index in [0.717, 1.165) is 0 Å². The zero-order chi connectivity index (χ0) is 13.7. The number of ether oxygens (including phenoxy) is 1. The van der Waals surface area contributed by atoms with E-state index in [2.05, 4.69) is 20.0 Å². The third-order valence-electron chi connectivity index (χ3n) is 2.51. The van der Waals surface area contributed by atoms with Crippen molar-refractivity contribution in [2.24, 2.45) is 0 Å². The summed E-state index contributed by atoms with van der Waals surface area (Å²) in [6, 6.07) is 4.88. The van der Waals surface area contributed by atoms with Gasteiger partial charge >= 0.3 is 0 Å². The van der Waals surface area contributed by atoms with Crippen LogP contribution in [0.25, 0.3) is 0 Å². The van der Waals surface area contributed by atoms with Gasteiger partial charge in [0.15, 0.2) is 5.82 Å².